The molecule has 0 spiro atoms. The monoisotopic (exact) mass is 428 g/mol. The van der Waals surface area contributed by atoms with Gasteiger partial charge in [-0.15, -0.1) is 0 Å². The first-order chi connectivity index (χ1) is 14.7. The van der Waals surface area contributed by atoms with Gasteiger partial charge in [-0.25, -0.2) is 18.7 Å². The Bertz CT molecular complexity index is 1090. The normalized spacial score (nSPS) is 15.6. The lowest BCUT2D eigenvalue weighted by Gasteiger charge is -2.35. The molecule has 0 atom stereocenters. The van der Waals surface area contributed by atoms with Crippen LogP contribution in [0.15, 0.2) is 30.5 Å². The number of benzene rings is 1. The van der Waals surface area contributed by atoms with E-state index in [0.717, 1.165) is 17.8 Å². The first-order valence-electron chi connectivity index (χ1n) is 10.2. The van der Waals surface area contributed by atoms with Gasteiger partial charge in [0.2, 0.25) is 0 Å². The maximum Gasteiger partial charge on any atom is 0.172 e. The van der Waals surface area contributed by atoms with Crippen molar-refractivity contribution in [2.75, 3.05) is 36.8 Å². The predicted molar refractivity (Wildman–Crippen MR) is 116 cm³/mol. The van der Waals surface area contributed by atoms with Crippen molar-refractivity contribution in [3.8, 4) is 0 Å². The van der Waals surface area contributed by atoms with Crippen molar-refractivity contribution < 1.29 is 13.9 Å². The van der Waals surface area contributed by atoms with Crippen molar-refractivity contribution in [2.24, 2.45) is 0 Å². The third-order valence-electron chi connectivity index (χ3n) is 5.30. The number of halogens is 2. The lowest BCUT2D eigenvalue weighted by molar-refractivity contribution is 0.0800. The van der Waals surface area contributed by atoms with Crippen LogP contribution >= 0.6 is 0 Å². The highest BCUT2D eigenvalue weighted by Crippen LogP contribution is 2.25. The van der Waals surface area contributed by atoms with Gasteiger partial charge in [-0.1, -0.05) is 0 Å². The van der Waals surface area contributed by atoms with Crippen LogP contribution in [-0.2, 0) is 13.0 Å². The van der Waals surface area contributed by atoms with Crippen LogP contribution in [0, 0.1) is 11.6 Å². The summed E-state index contributed by atoms with van der Waals surface area (Å²) in [5.74, 6) is 0.0946. The van der Waals surface area contributed by atoms with Crippen molar-refractivity contribution in [1.82, 2.24) is 19.9 Å². The highest BCUT2D eigenvalue weighted by molar-refractivity contribution is 5.79. The fourth-order valence-corrected chi connectivity index (χ4v) is 3.80. The highest BCUT2D eigenvalue weighted by atomic mass is 19.1. The van der Waals surface area contributed by atoms with E-state index in [1.54, 1.807) is 26.1 Å². The summed E-state index contributed by atoms with van der Waals surface area (Å²) in [5.41, 5.74) is 7.67. The zero-order valence-electron chi connectivity index (χ0n) is 17.6. The van der Waals surface area contributed by atoms with Crippen LogP contribution in [0.3, 0.4) is 0 Å². The molecule has 0 unspecified atom stereocenters. The molecule has 9 heteroatoms. The largest absolute Gasteiger partial charge is 0.390 e. The molecular weight excluding hydrogens is 402 g/mol. The maximum absolute atomic E-state index is 13.9. The van der Waals surface area contributed by atoms with Crippen LogP contribution in [0.25, 0.3) is 11.0 Å². The second-order valence-corrected chi connectivity index (χ2v) is 8.58. The van der Waals surface area contributed by atoms with E-state index in [2.05, 4.69) is 19.9 Å². The van der Waals surface area contributed by atoms with Gasteiger partial charge in [0.15, 0.2) is 11.6 Å². The number of piperazine rings is 1. The van der Waals surface area contributed by atoms with Crippen molar-refractivity contribution in [2.45, 2.75) is 32.4 Å². The Labute approximate surface area is 179 Å². The second-order valence-electron chi connectivity index (χ2n) is 8.58. The molecule has 0 amide bonds. The Morgan fingerprint density at radius 1 is 1.06 bits per heavy atom. The van der Waals surface area contributed by atoms with E-state index < -0.39 is 17.2 Å². The molecular formula is C22H26F2N6O. The van der Waals surface area contributed by atoms with Gasteiger partial charge in [-0.2, -0.15) is 0 Å². The summed E-state index contributed by atoms with van der Waals surface area (Å²) >= 11 is 0. The Balaban J connectivity index is 1.46. The van der Waals surface area contributed by atoms with Crippen molar-refractivity contribution in [3.05, 3.63) is 53.4 Å². The first kappa shape index (κ1) is 21.3. The molecule has 1 aromatic carbocycles. The number of nitrogen functional groups attached to an aromatic ring is 1. The Hall–Kier alpha value is -2.91. The molecule has 1 saturated heterocycles. The van der Waals surface area contributed by atoms with E-state index >= 15 is 0 Å². The molecule has 4 rings (SSSR count). The number of anilines is 2. The van der Waals surface area contributed by atoms with Crippen LogP contribution in [0.5, 0.6) is 0 Å². The molecule has 1 aliphatic heterocycles. The fraction of sp³-hybridized carbons (Fsp3) is 0.409. The van der Waals surface area contributed by atoms with E-state index in [-0.39, 0.29) is 0 Å². The number of aromatic nitrogens is 3. The van der Waals surface area contributed by atoms with Gasteiger partial charge >= 0.3 is 0 Å². The van der Waals surface area contributed by atoms with Crippen LogP contribution in [0.4, 0.5) is 20.4 Å². The number of rotatable bonds is 5. The van der Waals surface area contributed by atoms with Crippen LogP contribution < -0.4 is 10.6 Å². The lowest BCUT2D eigenvalue weighted by atomic mass is 10.0. The summed E-state index contributed by atoms with van der Waals surface area (Å²) in [7, 11) is 0. The fourth-order valence-electron chi connectivity index (χ4n) is 3.80. The van der Waals surface area contributed by atoms with Crippen LogP contribution in [-0.4, -0.2) is 56.7 Å². The minimum Gasteiger partial charge on any atom is -0.390 e. The van der Waals surface area contributed by atoms with Crippen molar-refractivity contribution >= 4 is 22.7 Å². The van der Waals surface area contributed by atoms with E-state index in [0.29, 0.717) is 67.4 Å². The number of hydrogen-bond donors (Lipinski definition) is 2. The number of fused-ring (bicyclic) bond motifs is 1. The van der Waals surface area contributed by atoms with Gasteiger partial charge in [-0.05, 0) is 38.1 Å². The van der Waals surface area contributed by atoms with Gasteiger partial charge < -0.3 is 15.7 Å². The van der Waals surface area contributed by atoms with E-state index in [1.165, 1.54) is 6.07 Å². The number of hydrogen-bond acceptors (Lipinski definition) is 7. The zero-order valence-corrected chi connectivity index (χ0v) is 17.6. The topological polar surface area (TPSA) is 91.4 Å². The molecule has 3 heterocycles. The van der Waals surface area contributed by atoms with Crippen LogP contribution in [0.1, 0.15) is 25.1 Å². The van der Waals surface area contributed by atoms with Gasteiger partial charge in [0.25, 0.3) is 0 Å². The Kier molecular flexibility index (Phi) is 5.72. The molecule has 31 heavy (non-hydrogen) atoms. The predicted octanol–water partition coefficient (Wildman–Crippen LogP) is 2.52. The summed E-state index contributed by atoms with van der Waals surface area (Å²) in [5, 5.41) is 10.0. The summed E-state index contributed by atoms with van der Waals surface area (Å²) < 4.78 is 27.4. The molecule has 0 saturated carbocycles. The standard InChI is InChI=1S/C22H26F2N6O/c1-22(2,31)11-16-10-18-19(12-26-16)28-21(20(25)27-18)30-7-5-29(6-8-30)13-14-9-15(23)3-4-17(14)24/h3-4,9-10,12,31H,5-8,11,13H2,1-2H3,(H2,25,27). The summed E-state index contributed by atoms with van der Waals surface area (Å²) in [6.45, 7) is 6.42. The van der Waals surface area contributed by atoms with Crippen molar-refractivity contribution in [1.29, 1.82) is 0 Å². The number of nitrogens with zero attached hydrogens (tertiary/aromatic N) is 5. The summed E-state index contributed by atoms with van der Waals surface area (Å²) in [6.07, 6.45) is 2.05. The average molecular weight is 428 g/mol. The third kappa shape index (κ3) is 5.05. The molecule has 2 aromatic heterocycles. The Morgan fingerprint density at radius 3 is 2.52 bits per heavy atom. The molecule has 0 bridgehead atoms. The van der Waals surface area contributed by atoms with Crippen molar-refractivity contribution in [3.63, 3.8) is 0 Å². The smallest absolute Gasteiger partial charge is 0.172 e. The highest BCUT2D eigenvalue weighted by Gasteiger charge is 2.22. The van der Waals surface area contributed by atoms with Gasteiger partial charge in [0, 0.05) is 50.4 Å². The molecule has 0 aliphatic carbocycles. The third-order valence-corrected chi connectivity index (χ3v) is 5.30. The quantitative estimate of drug-likeness (QED) is 0.645. The minimum absolute atomic E-state index is 0.331. The summed E-state index contributed by atoms with van der Waals surface area (Å²) in [6, 6.07) is 5.33. The lowest BCUT2D eigenvalue weighted by Crippen LogP contribution is -2.46. The summed E-state index contributed by atoms with van der Waals surface area (Å²) in [4.78, 5) is 17.7. The van der Waals surface area contributed by atoms with Gasteiger partial charge in [0.1, 0.15) is 17.2 Å². The number of nitrogens with two attached hydrogens (primary N) is 1. The van der Waals surface area contributed by atoms with Gasteiger partial charge in [0.05, 0.1) is 17.3 Å². The Morgan fingerprint density at radius 2 is 1.81 bits per heavy atom. The molecule has 1 fully saturated rings. The van der Waals surface area contributed by atoms with E-state index in [9.17, 15) is 13.9 Å². The molecule has 7 nitrogen and oxygen atoms in total. The van der Waals surface area contributed by atoms with E-state index in [1.807, 2.05) is 4.90 Å². The zero-order chi connectivity index (χ0) is 22.2. The molecule has 0 radical (unpaired) electrons. The minimum atomic E-state index is -0.867. The molecule has 1 aliphatic rings. The first-order valence-corrected chi connectivity index (χ1v) is 10.2. The average Bonchev–Trinajstić information content (AvgIpc) is 2.70. The molecule has 164 valence electrons. The van der Waals surface area contributed by atoms with Crippen LogP contribution in [0.2, 0.25) is 0 Å². The maximum atomic E-state index is 13.9. The number of aliphatic hydroxyl groups is 1. The second kappa shape index (κ2) is 8.32. The molecule has 3 aromatic rings. The van der Waals surface area contributed by atoms with Gasteiger partial charge in [-0.3, -0.25) is 9.88 Å². The van der Waals surface area contributed by atoms with E-state index in [4.69, 9.17) is 5.73 Å². The number of pyridine rings is 1. The molecule has 3 N–H and O–H groups in total. The SMILES string of the molecule is CC(C)(O)Cc1cc2nc(N)c(N3CCN(Cc4cc(F)ccc4F)CC3)nc2cn1.